The third kappa shape index (κ3) is 71.6. The third-order valence-corrected chi connectivity index (χ3v) is 17.5. The van der Waals surface area contributed by atoms with Crippen LogP contribution in [0.1, 0.15) is 297 Å². The van der Waals surface area contributed by atoms with E-state index in [-0.39, 0.29) is 25.7 Å². The molecule has 0 aromatic heterocycles. The number of phosphoric ester groups is 2. The van der Waals surface area contributed by atoms with E-state index >= 15 is 0 Å². The molecule has 0 radical (unpaired) electrons. The number of carbonyl (C=O) groups is 4. The maximum atomic E-state index is 13.1. The molecule has 0 aliphatic rings. The second kappa shape index (κ2) is 72.5. The maximum absolute atomic E-state index is 13.1. The van der Waals surface area contributed by atoms with Gasteiger partial charge in [0.05, 0.1) is 26.4 Å². The van der Waals surface area contributed by atoms with E-state index in [9.17, 15) is 43.2 Å². The van der Waals surface area contributed by atoms with Crippen LogP contribution in [-0.4, -0.2) is 96.7 Å². The summed E-state index contributed by atoms with van der Waals surface area (Å²) in [6.45, 7) is 4.46. The van der Waals surface area contributed by atoms with Gasteiger partial charge in [-0.25, -0.2) is 9.13 Å². The molecule has 0 aromatic carbocycles. The van der Waals surface area contributed by atoms with Crippen LogP contribution in [0.4, 0.5) is 0 Å². The number of esters is 4. The molecule has 0 amide bonds. The van der Waals surface area contributed by atoms with Gasteiger partial charge < -0.3 is 33.8 Å². The van der Waals surface area contributed by atoms with Crippen molar-refractivity contribution in [2.75, 3.05) is 39.6 Å². The van der Waals surface area contributed by atoms with Gasteiger partial charge in [-0.2, -0.15) is 0 Å². The van der Waals surface area contributed by atoms with Crippen molar-refractivity contribution in [2.45, 2.75) is 316 Å². The fraction of sp³-hybridized carbons (Fsp3) is 0.679. The first-order valence-corrected chi connectivity index (χ1v) is 41.4. The molecule has 3 N–H and O–H groups in total. The predicted molar refractivity (Wildman–Crippen MR) is 408 cm³/mol. The Balaban J connectivity index is 5.42. The standard InChI is InChI=1S/C81H136O17P2/c1-5-9-13-17-21-25-29-32-35-36-37-38-41-43-47-50-54-58-62-66-79(84)92-72-77(98-81(86)68-64-60-56-52-48-44-40-34-31-27-23-19-15-11-7-3)74-96-100(89,90)94-70-75(82)69-93-99(87,88)95-73-76(97-80(85)67-63-59-55-51-45-28-24-20-16-12-8-4)71-91-78(83)65-61-57-53-49-46-42-39-33-30-26-22-18-14-10-6-2/h9-10,13-14,20-22,24-26,32-33,35,37-39,43,46-47,49,54,58,75-77,82H,5-8,11-12,15-19,23,27-31,34,36,40-42,44-45,48,50-53,55-57,59-74H2,1-4H3,(H,87,88)(H,89,90)/b13-9-,14-10-,24-20-,25-21-,26-22-,35-32-,38-37-,39-33-,47-43-,49-46-,58-54-. The molecule has 0 fully saturated rings. The number of aliphatic hydroxyl groups is 1. The van der Waals surface area contributed by atoms with Crippen molar-refractivity contribution < 1.29 is 80.2 Å². The Morgan fingerprint density at radius 3 is 0.920 bits per heavy atom. The van der Waals surface area contributed by atoms with Gasteiger partial charge in [0.15, 0.2) is 12.2 Å². The van der Waals surface area contributed by atoms with E-state index in [0.717, 1.165) is 135 Å². The lowest BCUT2D eigenvalue weighted by atomic mass is 10.0. The van der Waals surface area contributed by atoms with Crippen molar-refractivity contribution in [2.24, 2.45) is 0 Å². The fourth-order valence-corrected chi connectivity index (χ4v) is 11.4. The van der Waals surface area contributed by atoms with E-state index in [0.29, 0.717) is 32.1 Å². The highest BCUT2D eigenvalue weighted by Gasteiger charge is 2.30. The normalized spacial score (nSPS) is 14.7. The van der Waals surface area contributed by atoms with Crippen LogP contribution >= 0.6 is 15.6 Å². The molecule has 0 rings (SSSR count). The molecule has 5 atom stereocenters. The Morgan fingerprint density at radius 2 is 0.550 bits per heavy atom. The molecule has 0 aromatic rings. The summed E-state index contributed by atoms with van der Waals surface area (Å²) in [7, 11) is -9.98. The number of phosphoric acid groups is 2. The Hall–Kier alpha value is -4.80. The smallest absolute Gasteiger partial charge is 0.462 e. The van der Waals surface area contributed by atoms with Gasteiger partial charge in [0, 0.05) is 25.7 Å². The third-order valence-electron chi connectivity index (χ3n) is 15.6. The van der Waals surface area contributed by atoms with Gasteiger partial charge in [0.2, 0.25) is 0 Å². The van der Waals surface area contributed by atoms with Crippen molar-refractivity contribution in [3.8, 4) is 0 Å². The van der Waals surface area contributed by atoms with E-state index < -0.39 is 97.5 Å². The first-order chi connectivity index (χ1) is 48.7. The van der Waals surface area contributed by atoms with Crippen molar-refractivity contribution >= 4 is 39.5 Å². The van der Waals surface area contributed by atoms with E-state index in [1.54, 1.807) is 0 Å². The zero-order valence-electron chi connectivity index (χ0n) is 62.3. The number of hydrogen-bond donors (Lipinski definition) is 3. The summed E-state index contributed by atoms with van der Waals surface area (Å²) >= 11 is 0. The van der Waals surface area contributed by atoms with Crippen LogP contribution in [0.25, 0.3) is 0 Å². The number of aliphatic hydroxyl groups excluding tert-OH is 1. The van der Waals surface area contributed by atoms with E-state index in [4.69, 9.17) is 37.0 Å². The molecule has 100 heavy (non-hydrogen) atoms. The van der Waals surface area contributed by atoms with Gasteiger partial charge >= 0.3 is 39.5 Å². The highest BCUT2D eigenvalue weighted by atomic mass is 31.2. The maximum Gasteiger partial charge on any atom is 0.472 e. The molecule has 17 nitrogen and oxygen atoms in total. The molecule has 0 heterocycles. The topological polar surface area (TPSA) is 237 Å². The Bertz CT molecular complexity index is 2420. The molecule has 0 bridgehead atoms. The van der Waals surface area contributed by atoms with Crippen molar-refractivity contribution in [1.82, 2.24) is 0 Å². The van der Waals surface area contributed by atoms with E-state index in [2.05, 4.69) is 143 Å². The number of hydrogen-bond acceptors (Lipinski definition) is 15. The lowest BCUT2D eigenvalue weighted by Gasteiger charge is -2.21. The molecule has 0 saturated heterocycles. The average Bonchev–Trinajstić information content (AvgIpc) is 0.985. The Morgan fingerprint density at radius 1 is 0.290 bits per heavy atom. The summed E-state index contributed by atoms with van der Waals surface area (Å²) < 4.78 is 68.3. The summed E-state index contributed by atoms with van der Waals surface area (Å²) in [5.74, 6) is -2.33. The summed E-state index contributed by atoms with van der Waals surface area (Å²) in [6, 6.07) is 0. The monoisotopic (exact) mass is 1440 g/mol. The fourth-order valence-electron chi connectivity index (χ4n) is 9.81. The largest absolute Gasteiger partial charge is 0.472 e. The van der Waals surface area contributed by atoms with Crippen LogP contribution in [-0.2, 0) is 65.4 Å². The molecule has 0 saturated carbocycles. The van der Waals surface area contributed by atoms with Crippen LogP contribution in [0.5, 0.6) is 0 Å². The number of rotatable bonds is 71. The van der Waals surface area contributed by atoms with Crippen LogP contribution in [0.3, 0.4) is 0 Å². The Kier molecular flexibility index (Phi) is 69.1. The summed E-state index contributed by atoms with van der Waals surface area (Å²) in [5, 5.41) is 10.6. The van der Waals surface area contributed by atoms with Gasteiger partial charge in [-0.1, -0.05) is 283 Å². The minimum Gasteiger partial charge on any atom is -0.462 e. The first kappa shape index (κ1) is 95.2. The summed E-state index contributed by atoms with van der Waals surface area (Å²) in [6.07, 6.45) is 80.4. The average molecular weight is 1440 g/mol. The van der Waals surface area contributed by atoms with Gasteiger partial charge in [0.25, 0.3) is 0 Å². The molecular formula is C81H136O17P2. The molecule has 0 spiro atoms. The van der Waals surface area contributed by atoms with E-state index in [1.807, 2.05) is 18.2 Å². The zero-order valence-corrected chi connectivity index (χ0v) is 64.1. The number of carbonyl (C=O) groups excluding carboxylic acids is 4. The summed E-state index contributed by atoms with van der Waals surface area (Å²) in [5.41, 5.74) is 0. The lowest BCUT2D eigenvalue weighted by molar-refractivity contribution is -0.161. The highest BCUT2D eigenvalue weighted by molar-refractivity contribution is 7.47. The van der Waals surface area contributed by atoms with Crippen LogP contribution in [0, 0.1) is 0 Å². The molecule has 0 aliphatic heterocycles. The van der Waals surface area contributed by atoms with Crippen molar-refractivity contribution in [3.05, 3.63) is 134 Å². The number of ether oxygens (including phenoxy) is 4. The SMILES string of the molecule is CC/C=C\C/C=C\C/C=C\C/C=C\C/C=C\C/C=C\CCC(=O)OCC(COP(=O)(O)OCC(O)COP(=O)(O)OCC(COC(=O)CCCC/C=C\C/C=C\C/C=C\C/C=C\CC)OC(=O)CCCCCCC/C=C\CCCC)OC(=O)CCCCCCCCCCCCCCCCC. The molecular weight excluding hydrogens is 1310 g/mol. The van der Waals surface area contributed by atoms with Gasteiger partial charge in [-0.05, 0) is 122 Å². The summed E-state index contributed by atoms with van der Waals surface area (Å²) in [4.78, 5) is 72.8. The van der Waals surface area contributed by atoms with Crippen molar-refractivity contribution in [3.63, 3.8) is 0 Å². The lowest BCUT2D eigenvalue weighted by Crippen LogP contribution is -2.30. The predicted octanol–water partition coefficient (Wildman–Crippen LogP) is 22.1. The van der Waals surface area contributed by atoms with Gasteiger partial charge in [-0.15, -0.1) is 0 Å². The van der Waals surface area contributed by atoms with Gasteiger partial charge in [-0.3, -0.25) is 37.3 Å². The quantitative estimate of drug-likeness (QED) is 0.0169. The van der Waals surface area contributed by atoms with Crippen LogP contribution in [0.15, 0.2) is 134 Å². The van der Waals surface area contributed by atoms with Crippen LogP contribution < -0.4 is 0 Å². The molecule has 572 valence electrons. The first-order valence-electron chi connectivity index (χ1n) is 38.4. The second-order valence-corrected chi connectivity index (χ2v) is 28.1. The minimum atomic E-state index is -4.99. The Labute approximate surface area is 605 Å². The number of unbranched alkanes of at least 4 members (excludes halogenated alkanes) is 23. The van der Waals surface area contributed by atoms with Crippen LogP contribution in [0.2, 0.25) is 0 Å². The zero-order chi connectivity index (χ0) is 73.2. The van der Waals surface area contributed by atoms with Gasteiger partial charge in [0.1, 0.15) is 19.3 Å². The molecule has 0 aliphatic carbocycles. The van der Waals surface area contributed by atoms with E-state index in [1.165, 1.54) is 77.0 Å². The minimum absolute atomic E-state index is 0.0345. The highest BCUT2D eigenvalue weighted by Crippen LogP contribution is 2.45. The second-order valence-electron chi connectivity index (χ2n) is 25.2. The van der Waals surface area contributed by atoms with Crippen molar-refractivity contribution in [1.29, 1.82) is 0 Å². The number of allylic oxidation sites excluding steroid dienone is 22. The molecule has 5 unspecified atom stereocenters. The molecule has 19 heteroatoms.